The van der Waals surface area contributed by atoms with Crippen molar-refractivity contribution < 1.29 is 47.4 Å². The molecule has 0 N–H and O–H groups in total. The van der Waals surface area contributed by atoms with E-state index in [2.05, 4.69) is 166 Å². The molecule has 4 aromatic carbocycles. The third-order valence-corrected chi connectivity index (χ3v) is 13.6. The van der Waals surface area contributed by atoms with Gasteiger partial charge >= 0.3 is 0 Å². The zero-order valence-corrected chi connectivity index (χ0v) is 66.0. The Labute approximate surface area is 583 Å². The summed E-state index contributed by atoms with van der Waals surface area (Å²) in [5.74, 6) is 0.942. The van der Waals surface area contributed by atoms with Crippen molar-refractivity contribution >= 4 is 0 Å². The summed E-state index contributed by atoms with van der Waals surface area (Å²) in [6.45, 7) is 56.9. The molecule has 0 aromatic heterocycles. The number of methoxy groups -OCH3 is 1. The second kappa shape index (κ2) is 66.5. The fourth-order valence-electron chi connectivity index (χ4n) is 8.27. The largest absolute Gasteiger partial charge is 0.491 e. The Balaban J connectivity index is -0.000000482. The fourth-order valence-corrected chi connectivity index (χ4v) is 8.27. The van der Waals surface area contributed by atoms with Crippen LogP contribution in [0.2, 0.25) is 0 Å². The molecular weight excluding hydrogens is 1170 g/mol. The first-order valence-corrected chi connectivity index (χ1v) is 36.9. The predicted octanol–water partition coefficient (Wildman–Crippen LogP) is 23.9. The highest BCUT2D eigenvalue weighted by atomic mass is 16.5. The van der Waals surface area contributed by atoms with Gasteiger partial charge in [0.15, 0.2) is 0 Å². The maximum absolute atomic E-state index is 5.69. The summed E-state index contributed by atoms with van der Waals surface area (Å²) >= 11 is 0. The molecule has 3 atom stereocenters. The molecule has 94 heavy (non-hydrogen) atoms. The highest BCUT2D eigenvalue weighted by Gasteiger charge is 2.16. The van der Waals surface area contributed by atoms with Crippen molar-refractivity contribution in [2.75, 3.05) is 33.5 Å². The van der Waals surface area contributed by atoms with E-state index in [4.69, 9.17) is 47.4 Å². The zero-order chi connectivity index (χ0) is 71.9. The molecule has 0 saturated heterocycles. The Morgan fingerprint density at radius 3 is 1.05 bits per heavy atom. The lowest BCUT2D eigenvalue weighted by atomic mass is 9.98. The van der Waals surface area contributed by atoms with Crippen molar-refractivity contribution in [3.63, 3.8) is 0 Å². The van der Waals surface area contributed by atoms with Crippen LogP contribution in [0.3, 0.4) is 0 Å². The lowest BCUT2D eigenvalue weighted by Crippen LogP contribution is -2.20. The SMILES string of the molecule is CC(C)OC1CCCC1.CC(C)OC1CCCCC1.CC(C)OCCc1ccccc1.CC(C)OCc1ccccc1.CC(C)Oc1ccccc1.CCC(C)OCc1ccccc1.CCCOC(C)CC.CCCOC(C)CCC.CCOC(C)(C)C.COC(C)(C)C. The van der Waals surface area contributed by atoms with Crippen molar-refractivity contribution in [3.8, 4) is 5.75 Å². The second-order valence-corrected chi connectivity index (χ2v) is 27.5. The van der Waals surface area contributed by atoms with Gasteiger partial charge in [-0.1, -0.05) is 182 Å². The Kier molecular flexibility index (Phi) is 68.5. The molecule has 0 spiro atoms. The summed E-state index contributed by atoms with van der Waals surface area (Å²) in [4.78, 5) is 0. The Bertz CT molecular complexity index is 2040. The van der Waals surface area contributed by atoms with Gasteiger partial charge in [0.25, 0.3) is 0 Å². The van der Waals surface area contributed by atoms with Crippen molar-refractivity contribution in [3.05, 3.63) is 138 Å². The van der Waals surface area contributed by atoms with Gasteiger partial charge in [0, 0.05) is 26.9 Å². The molecule has 0 aliphatic heterocycles. The quantitative estimate of drug-likeness (QED) is 0.0575. The van der Waals surface area contributed by atoms with Crippen LogP contribution in [0.25, 0.3) is 0 Å². The van der Waals surface area contributed by atoms with Gasteiger partial charge in [-0.05, 0) is 232 Å². The molecule has 6 rings (SSSR count). The Morgan fingerprint density at radius 2 is 0.734 bits per heavy atom. The van der Waals surface area contributed by atoms with Gasteiger partial charge in [0.2, 0.25) is 0 Å². The third-order valence-electron chi connectivity index (χ3n) is 13.6. The zero-order valence-electron chi connectivity index (χ0n) is 66.0. The summed E-state index contributed by atoms with van der Waals surface area (Å²) in [5, 5.41) is 0. The van der Waals surface area contributed by atoms with Crippen LogP contribution in [-0.2, 0) is 62.3 Å². The van der Waals surface area contributed by atoms with E-state index in [9.17, 15) is 0 Å². The first-order valence-electron chi connectivity index (χ1n) is 36.9. The van der Waals surface area contributed by atoms with Gasteiger partial charge in [-0.2, -0.15) is 0 Å². The minimum Gasteiger partial charge on any atom is -0.491 e. The molecule has 4 aromatic rings. The molecular formula is C84H152O10. The van der Waals surface area contributed by atoms with E-state index in [0.717, 1.165) is 77.5 Å². The summed E-state index contributed by atoms with van der Waals surface area (Å²) < 4.78 is 54.1. The van der Waals surface area contributed by atoms with E-state index in [-0.39, 0.29) is 17.3 Å². The third kappa shape index (κ3) is 77.3. The molecule has 0 heterocycles. The predicted molar refractivity (Wildman–Crippen MR) is 407 cm³/mol. The second-order valence-electron chi connectivity index (χ2n) is 27.5. The number of ether oxygens (including phenoxy) is 10. The van der Waals surface area contributed by atoms with Crippen LogP contribution in [0.1, 0.15) is 286 Å². The molecule has 548 valence electrons. The minimum atomic E-state index is 0.0417. The van der Waals surface area contributed by atoms with E-state index in [1.807, 2.05) is 128 Å². The Hall–Kier alpha value is -3.68. The summed E-state index contributed by atoms with van der Waals surface area (Å²) in [6, 6.07) is 40.7. The van der Waals surface area contributed by atoms with Crippen molar-refractivity contribution in [1.82, 2.24) is 0 Å². The first kappa shape index (κ1) is 96.7. The number of hydrogen-bond donors (Lipinski definition) is 0. The van der Waals surface area contributed by atoms with E-state index in [1.54, 1.807) is 7.11 Å². The molecule has 0 radical (unpaired) electrons. The van der Waals surface area contributed by atoms with Crippen LogP contribution in [0, 0.1) is 0 Å². The van der Waals surface area contributed by atoms with E-state index < -0.39 is 0 Å². The summed E-state index contributed by atoms with van der Waals surface area (Å²) in [6.07, 6.45) is 24.2. The normalized spacial score (nSPS) is 13.8. The highest BCUT2D eigenvalue weighted by molar-refractivity contribution is 5.21. The monoisotopic (exact) mass is 1320 g/mol. The van der Waals surface area contributed by atoms with Gasteiger partial charge in [0.05, 0.1) is 92.1 Å². The molecule has 2 aliphatic carbocycles. The van der Waals surface area contributed by atoms with Crippen LogP contribution in [0.4, 0.5) is 0 Å². The van der Waals surface area contributed by atoms with Crippen LogP contribution in [0.5, 0.6) is 5.75 Å². The van der Waals surface area contributed by atoms with Crippen molar-refractivity contribution in [2.24, 2.45) is 0 Å². The lowest BCUT2D eigenvalue weighted by molar-refractivity contribution is -0.0118. The maximum Gasteiger partial charge on any atom is 0.119 e. The maximum atomic E-state index is 5.69. The molecule has 2 fully saturated rings. The lowest BCUT2D eigenvalue weighted by Gasteiger charge is -2.23. The molecule has 10 nitrogen and oxygen atoms in total. The summed E-state index contributed by atoms with van der Waals surface area (Å²) in [7, 11) is 1.71. The standard InChI is InChI=1S/2C11H16O.C10H14O.C9H18O.C9H12O.C8H16O.C8H18O.C7H16O.C6H14O.C5H12O/c1-10(2)12-9-8-11-6-4-3-5-7-11;1-3-10(2)12-9-11-7-5-4-6-8-11;1-9(2)11-8-10-6-4-3-5-7-10;2*1-8(2)10-9-6-4-3-5-7-9;1-7(2)9-8-5-3-4-6-8;1-4-6-8(3)9-7-5-2;1-4-6-8-7(3)5-2;1-5-7-6(2,3)4;1-5(2,3)6-4/h3-7,10H,8-9H2,1-2H3;4-8,10H,3,9H2,1-2H3;3-7,9H,8H2,1-2H3;8-9H,3-7H2,1-2H3;3-8H,1-2H3;7-8H,3-6H2,1-2H3;8H,4-7H2,1-3H3;7H,4-6H2,1-3H3;5H2,1-4H3;1-4H3. The molecule has 2 aliphatic rings. The van der Waals surface area contributed by atoms with Crippen molar-refractivity contribution in [2.45, 2.75) is 361 Å². The number of benzene rings is 4. The topological polar surface area (TPSA) is 92.3 Å². The fraction of sp³-hybridized carbons (Fsp3) is 0.714. The van der Waals surface area contributed by atoms with Gasteiger partial charge < -0.3 is 47.4 Å². The summed E-state index contributed by atoms with van der Waals surface area (Å²) in [5.41, 5.74) is 3.92. The molecule has 3 unspecified atom stereocenters. The molecule has 0 amide bonds. The molecule has 2 saturated carbocycles. The van der Waals surface area contributed by atoms with Crippen LogP contribution >= 0.6 is 0 Å². The van der Waals surface area contributed by atoms with E-state index in [0.29, 0.717) is 54.9 Å². The molecule has 0 bridgehead atoms. The minimum absolute atomic E-state index is 0.0417. The number of hydrogen-bond acceptors (Lipinski definition) is 10. The number of rotatable bonds is 27. The average Bonchev–Trinajstić information content (AvgIpc) is 4.25. The highest BCUT2D eigenvalue weighted by Crippen LogP contribution is 2.22. The van der Waals surface area contributed by atoms with Gasteiger partial charge in [-0.15, -0.1) is 0 Å². The van der Waals surface area contributed by atoms with Crippen LogP contribution in [-0.4, -0.2) is 106 Å². The van der Waals surface area contributed by atoms with E-state index in [1.165, 1.54) is 87.3 Å². The Morgan fingerprint density at radius 1 is 0.372 bits per heavy atom. The van der Waals surface area contributed by atoms with E-state index >= 15 is 0 Å². The van der Waals surface area contributed by atoms with Gasteiger partial charge in [-0.25, -0.2) is 0 Å². The molecule has 10 heteroatoms. The van der Waals surface area contributed by atoms with Crippen molar-refractivity contribution in [1.29, 1.82) is 0 Å². The average molecular weight is 1320 g/mol. The smallest absolute Gasteiger partial charge is 0.119 e. The first-order chi connectivity index (χ1) is 44.5. The number of para-hydroxylation sites is 1. The van der Waals surface area contributed by atoms with Gasteiger partial charge in [0.1, 0.15) is 5.75 Å². The van der Waals surface area contributed by atoms with Gasteiger partial charge in [-0.3, -0.25) is 0 Å². The van der Waals surface area contributed by atoms with Crippen LogP contribution in [0.15, 0.2) is 121 Å². The van der Waals surface area contributed by atoms with Crippen LogP contribution < -0.4 is 4.74 Å².